The first-order chi connectivity index (χ1) is 7.20. The molecule has 1 heterocycles. The van der Waals surface area contributed by atoms with Crippen LogP contribution in [0.5, 0.6) is 0 Å². The van der Waals surface area contributed by atoms with Crippen molar-refractivity contribution in [2.45, 2.75) is 6.42 Å². The molecule has 0 spiro atoms. The van der Waals surface area contributed by atoms with Gasteiger partial charge in [-0.15, -0.1) is 0 Å². The zero-order chi connectivity index (χ0) is 10.8. The molecule has 80 valence electrons. The summed E-state index contributed by atoms with van der Waals surface area (Å²) in [5.41, 5.74) is 6.74. The number of anilines is 1. The van der Waals surface area contributed by atoms with E-state index in [0.29, 0.717) is 30.0 Å². The molecule has 0 aliphatic carbocycles. The van der Waals surface area contributed by atoms with Crippen LogP contribution in [0.3, 0.4) is 0 Å². The lowest BCUT2D eigenvalue weighted by Crippen LogP contribution is -1.93. The average Bonchev–Trinajstić information content (AvgIpc) is 2.57. The molecular weight excluding hydrogens is 199 g/mol. The maximum atomic E-state index is 13.0. The van der Waals surface area contributed by atoms with Crippen LogP contribution >= 0.6 is 0 Å². The van der Waals surface area contributed by atoms with E-state index in [4.69, 9.17) is 14.9 Å². The molecule has 2 rings (SSSR count). The predicted octanol–water partition coefficient (Wildman–Crippen LogP) is 1.74. The van der Waals surface area contributed by atoms with Gasteiger partial charge in [0.25, 0.3) is 0 Å². The Morgan fingerprint density at radius 3 is 3.07 bits per heavy atom. The van der Waals surface area contributed by atoms with Crippen LogP contribution in [0.4, 0.5) is 10.1 Å². The molecule has 0 unspecified atom stereocenters. The maximum Gasteiger partial charge on any atom is 0.197 e. The van der Waals surface area contributed by atoms with Crippen LogP contribution in [0, 0.1) is 5.82 Å². The Kier molecular flexibility index (Phi) is 2.55. The Hall–Kier alpha value is -1.62. The van der Waals surface area contributed by atoms with Crippen molar-refractivity contribution < 1.29 is 13.5 Å². The summed E-state index contributed by atoms with van der Waals surface area (Å²) in [6, 6.07) is 2.51. The summed E-state index contributed by atoms with van der Waals surface area (Å²) >= 11 is 0. The van der Waals surface area contributed by atoms with Crippen LogP contribution in [-0.2, 0) is 11.2 Å². The van der Waals surface area contributed by atoms with Gasteiger partial charge < -0.3 is 14.9 Å². The molecule has 0 atom stereocenters. The SMILES string of the molecule is COCCc1nc2cc(F)cc(N)c2o1. The van der Waals surface area contributed by atoms with Crippen molar-refractivity contribution in [2.24, 2.45) is 0 Å². The number of rotatable bonds is 3. The quantitative estimate of drug-likeness (QED) is 0.784. The highest BCUT2D eigenvalue weighted by atomic mass is 19.1. The van der Waals surface area contributed by atoms with Crippen molar-refractivity contribution in [2.75, 3.05) is 19.5 Å². The van der Waals surface area contributed by atoms with Crippen LogP contribution in [0.25, 0.3) is 11.1 Å². The fourth-order valence-corrected chi connectivity index (χ4v) is 1.37. The summed E-state index contributed by atoms with van der Waals surface area (Å²) in [6.45, 7) is 0.509. The Morgan fingerprint density at radius 1 is 1.53 bits per heavy atom. The Bertz CT molecular complexity index is 481. The van der Waals surface area contributed by atoms with Gasteiger partial charge in [0.1, 0.15) is 11.3 Å². The van der Waals surface area contributed by atoms with Crippen molar-refractivity contribution in [3.8, 4) is 0 Å². The first kappa shape index (κ1) is 9.92. The summed E-state index contributed by atoms with van der Waals surface area (Å²) in [6.07, 6.45) is 0.548. The second-order valence-electron chi connectivity index (χ2n) is 3.19. The van der Waals surface area contributed by atoms with Gasteiger partial charge in [-0.05, 0) is 0 Å². The second kappa shape index (κ2) is 3.86. The highest BCUT2D eigenvalue weighted by Gasteiger charge is 2.09. The van der Waals surface area contributed by atoms with Gasteiger partial charge >= 0.3 is 0 Å². The molecule has 0 fully saturated rings. The predicted molar refractivity (Wildman–Crippen MR) is 54.0 cm³/mol. The molecule has 1 aromatic heterocycles. The van der Waals surface area contributed by atoms with Crippen molar-refractivity contribution >= 4 is 16.8 Å². The molecule has 0 aliphatic rings. The minimum Gasteiger partial charge on any atom is -0.438 e. The lowest BCUT2D eigenvalue weighted by molar-refractivity contribution is 0.196. The van der Waals surface area contributed by atoms with Crippen molar-refractivity contribution in [1.82, 2.24) is 4.98 Å². The lowest BCUT2D eigenvalue weighted by atomic mass is 10.3. The number of nitrogens with two attached hydrogens (primary N) is 1. The highest BCUT2D eigenvalue weighted by molar-refractivity contribution is 5.84. The number of ether oxygens (including phenoxy) is 1. The van der Waals surface area contributed by atoms with Crippen LogP contribution in [0.2, 0.25) is 0 Å². The third-order valence-corrected chi connectivity index (χ3v) is 2.05. The Labute approximate surface area is 85.8 Å². The third kappa shape index (κ3) is 1.92. The normalized spacial score (nSPS) is 11.1. The first-order valence-corrected chi connectivity index (χ1v) is 4.54. The second-order valence-corrected chi connectivity index (χ2v) is 3.19. The number of nitrogens with zero attached hydrogens (tertiary/aromatic N) is 1. The summed E-state index contributed by atoms with van der Waals surface area (Å²) in [4.78, 5) is 4.11. The molecule has 0 aliphatic heterocycles. The van der Waals surface area contributed by atoms with E-state index in [1.807, 2.05) is 0 Å². The number of hydrogen-bond acceptors (Lipinski definition) is 4. The van der Waals surface area contributed by atoms with Gasteiger partial charge in [-0.2, -0.15) is 0 Å². The van der Waals surface area contributed by atoms with Gasteiger partial charge in [0.15, 0.2) is 11.5 Å². The molecule has 2 N–H and O–H groups in total. The monoisotopic (exact) mass is 210 g/mol. The topological polar surface area (TPSA) is 61.3 Å². The van der Waals surface area contributed by atoms with E-state index in [1.165, 1.54) is 12.1 Å². The van der Waals surface area contributed by atoms with Gasteiger partial charge in [0.2, 0.25) is 0 Å². The number of nitrogen functional groups attached to an aromatic ring is 1. The Morgan fingerprint density at radius 2 is 2.33 bits per heavy atom. The van der Waals surface area contributed by atoms with Gasteiger partial charge in [-0.3, -0.25) is 0 Å². The van der Waals surface area contributed by atoms with Gasteiger partial charge in [-0.1, -0.05) is 0 Å². The third-order valence-electron chi connectivity index (χ3n) is 2.05. The molecule has 0 saturated carbocycles. The number of fused-ring (bicyclic) bond motifs is 1. The van der Waals surface area contributed by atoms with Gasteiger partial charge in [-0.25, -0.2) is 9.37 Å². The average molecular weight is 210 g/mol. The maximum absolute atomic E-state index is 13.0. The number of benzene rings is 1. The highest BCUT2D eigenvalue weighted by Crippen LogP contribution is 2.23. The number of methoxy groups -OCH3 is 1. The molecular formula is C10H11FN2O2. The minimum atomic E-state index is -0.411. The van der Waals surface area contributed by atoms with E-state index in [1.54, 1.807) is 7.11 Å². The standard InChI is InChI=1S/C10H11FN2O2/c1-14-3-2-9-13-8-5-6(11)4-7(12)10(8)15-9/h4-5H,2-3,12H2,1H3. The fourth-order valence-electron chi connectivity index (χ4n) is 1.37. The smallest absolute Gasteiger partial charge is 0.197 e. The zero-order valence-electron chi connectivity index (χ0n) is 8.29. The van der Waals surface area contributed by atoms with E-state index in [0.717, 1.165) is 0 Å². The molecule has 0 bridgehead atoms. The molecule has 0 radical (unpaired) electrons. The number of oxazole rings is 1. The van der Waals surface area contributed by atoms with Gasteiger partial charge in [0.05, 0.1) is 12.3 Å². The summed E-state index contributed by atoms with van der Waals surface area (Å²) in [5, 5.41) is 0. The largest absolute Gasteiger partial charge is 0.438 e. The molecule has 15 heavy (non-hydrogen) atoms. The van der Waals surface area contributed by atoms with E-state index < -0.39 is 5.82 Å². The molecule has 0 saturated heterocycles. The van der Waals surface area contributed by atoms with E-state index in [-0.39, 0.29) is 5.69 Å². The lowest BCUT2D eigenvalue weighted by Gasteiger charge is -1.93. The summed E-state index contributed by atoms with van der Waals surface area (Å²) in [5.74, 6) is 0.0933. The van der Waals surface area contributed by atoms with Crippen molar-refractivity contribution in [3.05, 3.63) is 23.8 Å². The van der Waals surface area contributed by atoms with Crippen molar-refractivity contribution in [3.63, 3.8) is 0 Å². The minimum absolute atomic E-state index is 0.265. The zero-order valence-corrected chi connectivity index (χ0v) is 8.29. The van der Waals surface area contributed by atoms with Crippen LogP contribution in [-0.4, -0.2) is 18.7 Å². The van der Waals surface area contributed by atoms with E-state index in [9.17, 15) is 4.39 Å². The molecule has 2 aromatic rings. The molecule has 0 amide bonds. The molecule has 1 aromatic carbocycles. The van der Waals surface area contributed by atoms with Crippen LogP contribution in [0.15, 0.2) is 16.5 Å². The fraction of sp³-hybridized carbons (Fsp3) is 0.300. The van der Waals surface area contributed by atoms with Crippen LogP contribution in [0.1, 0.15) is 5.89 Å². The molecule has 4 nitrogen and oxygen atoms in total. The van der Waals surface area contributed by atoms with E-state index in [2.05, 4.69) is 4.98 Å². The summed E-state index contributed by atoms with van der Waals surface area (Å²) < 4.78 is 23.2. The number of hydrogen-bond donors (Lipinski definition) is 1. The van der Waals surface area contributed by atoms with E-state index >= 15 is 0 Å². The van der Waals surface area contributed by atoms with Gasteiger partial charge in [0, 0.05) is 25.7 Å². The van der Waals surface area contributed by atoms with Crippen molar-refractivity contribution in [1.29, 1.82) is 0 Å². The van der Waals surface area contributed by atoms with Crippen LogP contribution < -0.4 is 5.73 Å². The summed E-state index contributed by atoms with van der Waals surface area (Å²) in [7, 11) is 1.59. The molecule has 5 heteroatoms. The number of aromatic nitrogens is 1. The Balaban J connectivity index is 2.41. The first-order valence-electron chi connectivity index (χ1n) is 4.54. The number of halogens is 1.